The molecule has 1 aromatic carbocycles. The molecule has 1 amide bonds. The van der Waals surface area contributed by atoms with E-state index in [0.717, 1.165) is 42.3 Å². The van der Waals surface area contributed by atoms with Crippen molar-refractivity contribution < 1.29 is 4.79 Å². The lowest BCUT2D eigenvalue weighted by Crippen LogP contribution is -2.40. The number of rotatable bonds is 4. The Balaban J connectivity index is 1.36. The first-order valence-corrected chi connectivity index (χ1v) is 9.96. The molecule has 1 saturated carbocycles. The molecule has 0 spiro atoms. The molecule has 2 heterocycles. The van der Waals surface area contributed by atoms with Gasteiger partial charge in [-0.15, -0.1) is 11.3 Å². The molecular weight excluding hydrogens is 368 g/mol. The van der Waals surface area contributed by atoms with Gasteiger partial charge >= 0.3 is 0 Å². The first-order valence-electron chi connectivity index (χ1n) is 8.70. The van der Waals surface area contributed by atoms with Crippen molar-refractivity contribution in [2.24, 2.45) is 0 Å². The third-order valence-electron chi connectivity index (χ3n) is 4.75. The molecule has 2 N–H and O–H groups in total. The molecule has 0 aliphatic heterocycles. The van der Waals surface area contributed by atoms with Crippen LogP contribution in [0.4, 0.5) is 5.69 Å². The number of pyridine rings is 1. The van der Waals surface area contributed by atoms with Gasteiger partial charge in [0.05, 0.1) is 5.52 Å². The highest BCUT2D eigenvalue weighted by Gasteiger charge is 2.23. The van der Waals surface area contributed by atoms with Crippen molar-refractivity contribution in [3.05, 3.63) is 52.1 Å². The second-order valence-corrected chi connectivity index (χ2v) is 7.85. The average molecular weight is 387 g/mol. The van der Waals surface area contributed by atoms with Crippen LogP contribution in [0.2, 0.25) is 5.02 Å². The summed E-state index contributed by atoms with van der Waals surface area (Å²) < 4.78 is 0. The van der Waals surface area contributed by atoms with Gasteiger partial charge in [-0.3, -0.25) is 9.78 Å². The SMILES string of the molecule is O=C(N[C@H]1CC[C@@H](Nc2ccnc3cc(Cl)ccc23)CC1)c1nccs1. The van der Waals surface area contributed by atoms with Gasteiger partial charge in [0.25, 0.3) is 5.91 Å². The maximum Gasteiger partial charge on any atom is 0.280 e. The van der Waals surface area contributed by atoms with Crippen LogP contribution in [0.5, 0.6) is 0 Å². The summed E-state index contributed by atoms with van der Waals surface area (Å²) in [6.45, 7) is 0. The monoisotopic (exact) mass is 386 g/mol. The molecule has 4 rings (SSSR count). The van der Waals surface area contributed by atoms with Gasteiger partial charge < -0.3 is 10.6 Å². The topological polar surface area (TPSA) is 66.9 Å². The summed E-state index contributed by atoms with van der Waals surface area (Å²) in [5.41, 5.74) is 1.98. The van der Waals surface area contributed by atoms with Gasteiger partial charge in [-0.05, 0) is 49.9 Å². The molecule has 3 aromatic rings. The first-order chi connectivity index (χ1) is 12.7. The number of aromatic nitrogens is 2. The molecule has 0 bridgehead atoms. The van der Waals surface area contributed by atoms with Crippen LogP contribution in [0, 0.1) is 0 Å². The second kappa shape index (κ2) is 7.60. The van der Waals surface area contributed by atoms with E-state index in [4.69, 9.17) is 11.6 Å². The van der Waals surface area contributed by atoms with Gasteiger partial charge in [0.1, 0.15) is 0 Å². The van der Waals surface area contributed by atoms with Crippen LogP contribution in [0.15, 0.2) is 42.0 Å². The van der Waals surface area contributed by atoms with Gasteiger partial charge in [0.2, 0.25) is 0 Å². The van der Waals surface area contributed by atoms with E-state index in [0.29, 0.717) is 16.1 Å². The lowest BCUT2D eigenvalue weighted by atomic mass is 9.91. The van der Waals surface area contributed by atoms with Gasteiger partial charge in [-0.25, -0.2) is 4.98 Å². The Labute approximate surface area is 160 Å². The number of benzene rings is 1. The number of hydrogen-bond acceptors (Lipinski definition) is 5. The lowest BCUT2D eigenvalue weighted by Gasteiger charge is -2.30. The minimum atomic E-state index is -0.0617. The zero-order valence-corrected chi connectivity index (χ0v) is 15.7. The summed E-state index contributed by atoms with van der Waals surface area (Å²) in [6.07, 6.45) is 7.42. The summed E-state index contributed by atoms with van der Waals surface area (Å²) in [6, 6.07) is 8.40. The van der Waals surface area contributed by atoms with Crippen LogP contribution >= 0.6 is 22.9 Å². The van der Waals surface area contributed by atoms with E-state index >= 15 is 0 Å². The van der Waals surface area contributed by atoms with Crippen LogP contribution in [-0.2, 0) is 0 Å². The molecule has 2 aromatic heterocycles. The molecule has 134 valence electrons. The number of carbonyl (C=O) groups excluding carboxylic acids is 1. The molecule has 0 atom stereocenters. The van der Waals surface area contributed by atoms with Crippen LogP contribution < -0.4 is 10.6 Å². The van der Waals surface area contributed by atoms with Gasteiger partial charge in [0.15, 0.2) is 5.01 Å². The van der Waals surface area contributed by atoms with Crippen molar-refractivity contribution in [1.82, 2.24) is 15.3 Å². The highest BCUT2D eigenvalue weighted by Crippen LogP contribution is 2.28. The zero-order valence-electron chi connectivity index (χ0n) is 14.1. The Morgan fingerprint density at radius 2 is 1.88 bits per heavy atom. The Bertz CT molecular complexity index is 907. The van der Waals surface area contributed by atoms with Crippen LogP contribution in [0.1, 0.15) is 35.5 Å². The van der Waals surface area contributed by atoms with E-state index in [1.807, 2.05) is 29.6 Å². The fraction of sp³-hybridized carbons (Fsp3) is 0.316. The Kier molecular flexibility index (Phi) is 5.04. The Morgan fingerprint density at radius 3 is 2.65 bits per heavy atom. The van der Waals surface area contributed by atoms with E-state index < -0.39 is 0 Å². The predicted molar refractivity (Wildman–Crippen MR) is 106 cm³/mol. The number of fused-ring (bicyclic) bond motifs is 1. The Morgan fingerprint density at radius 1 is 1.08 bits per heavy atom. The molecular formula is C19H19ClN4OS. The molecule has 1 aliphatic carbocycles. The minimum Gasteiger partial charge on any atom is -0.382 e. The summed E-state index contributed by atoms with van der Waals surface area (Å²) in [5, 5.41) is 10.9. The number of halogens is 1. The molecule has 1 fully saturated rings. The smallest absolute Gasteiger partial charge is 0.280 e. The number of nitrogens with zero attached hydrogens (tertiary/aromatic N) is 2. The molecule has 1 aliphatic rings. The van der Waals surface area contributed by atoms with Crippen molar-refractivity contribution in [3.8, 4) is 0 Å². The first kappa shape index (κ1) is 17.2. The number of carbonyl (C=O) groups is 1. The van der Waals surface area contributed by atoms with E-state index in [1.165, 1.54) is 11.3 Å². The maximum absolute atomic E-state index is 12.1. The quantitative estimate of drug-likeness (QED) is 0.692. The fourth-order valence-electron chi connectivity index (χ4n) is 3.43. The zero-order chi connectivity index (χ0) is 17.9. The fourth-order valence-corrected chi connectivity index (χ4v) is 4.14. The predicted octanol–water partition coefficient (Wildman–Crippen LogP) is 4.50. The number of hydrogen-bond donors (Lipinski definition) is 2. The number of nitrogens with one attached hydrogen (secondary N) is 2. The number of amides is 1. The highest BCUT2D eigenvalue weighted by molar-refractivity contribution is 7.11. The largest absolute Gasteiger partial charge is 0.382 e. The normalized spacial score (nSPS) is 20.0. The average Bonchev–Trinajstić information content (AvgIpc) is 3.18. The van der Waals surface area contributed by atoms with E-state index in [9.17, 15) is 4.79 Å². The minimum absolute atomic E-state index is 0.0617. The van der Waals surface area contributed by atoms with Gasteiger partial charge in [0, 0.05) is 46.0 Å². The third kappa shape index (κ3) is 3.81. The summed E-state index contributed by atoms with van der Waals surface area (Å²) >= 11 is 7.43. The summed E-state index contributed by atoms with van der Waals surface area (Å²) in [7, 11) is 0. The van der Waals surface area contributed by atoms with Gasteiger partial charge in [-0.2, -0.15) is 0 Å². The molecule has 0 unspecified atom stereocenters. The van der Waals surface area contributed by atoms with Crippen molar-refractivity contribution in [2.75, 3.05) is 5.32 Å². The van der Waals surface area contributed by atoms with E-state index in [2.05, 4.69) is 20.6 Å². The van der Waals surface area contributed by atoms with E-state index in [1.54, 1.807) is 12.4 Å². The van der Waals surface area contributed by atoms with Crippen molar-refractivity contribution in [2.45, 2.75) is 37.8 Å². The molecule has 5 nitrogen and oxygen atoms in total. The Hall–Kier alpha value is -2.18. The van der Waals surface area contributed by atoms with Crippen molar-refractivity contribution >= 4 is 45.4 Å². The van der Waals surface area contributed by atoms with Gasteiger partial charge in [-0.1, -0.05) is 11.6 Å². The summed E-state index contributed by atoms with van der Waals surface area (Å²) in [5.74, 6) is -0.0617. The molecule has 7 heteroatoms. The molecule has 0 radical (unpaired) electrons. The van der Waals surface area contributed by atoms with Crippen molar-refractivity contribution in [1.29, 1.82) is 0 Å². The third-order valence-corrected chi connectivity index (χ3v) is 5.76. The number of thiazole rings is 1. The lowest BCUT2D eigenvalue weighted by molar-refractivity contribution is 0.0926. The van der Waals surface area contributed by atoms with Crippen LogP contribution in [0.25, 0.3) is 10.9 Å². The highest BCUT2D eigenvalue weighted by atomic mass is 35.5. The number of anilines is 1. The molecule has 26 heavy (non-hydrogen) atoms. The van der Waals surface area contributed by atoms with Crippen molar-refractivity contribution in [3.63, 3.8) is 0 Å². The maximum atomic E-state index is 12.1. The van der Waals surface area contributed by atoms with E-state index in [-0.39, 0.29) is 11.9 Å². The standard InChI is InChI=1S/C19H19ClN4OS/c20-12-1-6-15-16(7-8-21-17(15)11-12)23-13-2-4-14(5-3-13)24-18(25)19-22-9-10-26-19/h1,6-11,13-14H,2-5H2,(H,21,23)(H,24,25)/t13-,14+. The molecule has 0 saturated heterocycles. The summed E-state index contributed by atoms with van der Waals surface area (Å²) in [4.78, 5) is 20.6. The van der Waals surface area contributed by atoms with Crippen LogP contribution in [0.3, 0.4) is 0 Å². The second-order valence-electron chi connectivity index (χ2n) is 6.52. The van der Waals surface area contributed by atoms with Crippen LogP contribution in [-0.4, -0.2) is 28.0 Å².